The standard InChI is InChI=1S/C23H26ClFN4O/c1-22(2)20(30)29(4)21(26)28-23(22,3)17-12-15(7-9-18(17)25)27-19-10-5-13-11-14(24)6-8-16(13)19/h6-9,11-12,19,27H,5,10H2,1-4H3,(H2,26,28)/t19?,23-/m1/s1. The number of nitrogens with one attached hydrogen (secondary N) is 1. The monoisotopic (exact) mass is 428 g/mol. The molecule has 1 amide bonds. The first-order valence-corrected chi connectivity index (χ1v) is 10.4. The van der Waals surface area contributed by atoms with Crippen molar-refractivity contribution in [2.75, 3.05) is 12.4 Å². The quantitative estimate of drug-likeness (QED) is 0.750. The number of halogens is 2. The number of benzene rings is 2. The van der Waals surface area contributed by atoms with Gasteiger partial charge >= 0.3 is 0 Å². The van der Waals surface area contributed by atoms with Crippen molar-refractivity contribution < 1.29 is 9.18 Å². The van der Waals surface area contributed by atoms with Crippen LogP contribution in [0.1, 0.15) is 49.9 Å². The number of carbonyl (C=O) groups excluding carboxylic acids is 1. The summed E-state index contributed by atoms with van der Waals surface area (Å²) in [5, 5.41) is 4.25. The Labute approximate surface area is 181 Å². The van der Waals surface area contributed by atoms with Crippen LogP contribution in [0.25, 0.3) is 0 Å². The Hall–Kier alpha value is -2.60. The number of amides is 1. The summed E-state index contributed by atoms with van der Waals surface area (Å²) in [6.07, 6.45) is 1.87. The minimum absolute atomic E-state index is 0.0844. The van der Waals surface area contributed by atoms with Crippen molar-refractivity contribution in [2.45, 2.75) is 45.2 Å². The van der Waals surface area contributed by atoms with E-state index in [0.717, 1.165) is 23.6 Å². The third-order valence-electron chi connectivity index (χ3n) is 6.75. The van der Waals surface area contributed by atoms with Crippen LogP contribution in [0.5, 0.6) is 0 Å². The zero-order chi connectivity index (χ0) is 21.8. The lowest BCUT2D eigenvalue weighted by Gasteiger charge is -2.46. The number of rotatable bonds is 3. The third kappa shape index (κ3) is 3.05. The van der Waals surface area contributed by atoms with Gasteiger partial charge in [0.2, 0.25) is 5.91 Å². The summed E-state index contributed by atoms with van der Waals surface area (Å²) >= 11 is 6.12. The number of hydrogen-bond donors (Lipinski definition) is 2. The van der Waals surface area contributed by atoms with E-state index in [4.69, 9.17) is 17.3 Å². The maximum absolute atomic E-state index is 15.0. The molecular weight excluding hydrogens is 403 g/mol. The highest BCUT2D eigenvalue weighted by Gasteiger charge is 2.53. The summed E-state index contributed by atoms with van der Waals surface area (Å²) in [5.41, 5.74) is 7.44. The zero-order valence-electron chi connectivity index (χ0n) is 17.6. The molecule has 2 atom stereocenters. The van der Waals surface area contributed by atoms with Gasteiger partial charge in [-0.2, -0.15) is 0 Å². The van der Waals surface area contributed by atoms with E-state index in [2.05, 4.69) is 10.3 Å². The van der Waals surface area contributed by atoms with Gasteiger partial charge in [0.15, 0.2) is 5.96 Å². The highest BCUT2D eigenvalue weighted by atomic mass is 35.5. The summed E-state index contributed by atoms with van der Waals surface area (Å²) in [6, 6.07) is 10.9. The van der Waals surface area contributed by atoms with Gasteiger partial charge in [0, 0.05) is 23.3 Å². The molecule has 0 spiro atoms. The highest BCUT2D eigenvalue weighted by molar-refractivity contribution is 6.30. The van der Waals surface area contributed by atoms with Crippen LogP contribution in [0.15, 0.2) is 41.4 Å². The molecular formula is C23H26ClFN4O. The van der Waals surface area contributed by atoms with Gasteiger partial charge in [0.1, 0.15) is 11.4 Å². The lowest BCUT2D eigenvalue weighted by atomic mass is 9.67. The minimum atomic E-state index is -1.14. The maximum atomic E-state index is 15.0. The second-order valence-corrected chi connectivity index (χ2v) is 9.24. The summed E-state index contributed by atoms with van der Waals surface area (Å²) in [7, 11) is 1.58. The van der Waals surface area contributed by atoms with E-state index in [-0.39, 0.29) is 17.9 Å². The van der Waals surface area contributed by atoms with E-state index < -0.39 is 16.8 Å². The average molecular weight is 429 g/mol. The van der Waals surface area contributed by atoms with Gasteiger partial charge in [-0.1, -0.05) is 17.7 Å². The molecule has 0 fully saturated rings. The molecule has 4 rings (SSSR count). The second-order valence-electron chi connectivity index (χ2n) is 8.80. The van der Waals surface area contributed by atoms with Crippen LogP contribution in [-0.2, 0) is 16.8 Å². The Morgan fingerprint density at radius 2 is 1.97 bits per heavy atom. The molecule has 0 saturated carbocycles. The SMILES string of the molecule is CN1C(=O)C(C)(C)[C@@](C)(c2cc(NC3CCc4cc(Cl)ccc43)ccc2F)N=C1N. The fraction of sp³-hybridized carbons (Fsp3) is 0.391. The highest BCUT2D eigenvalue weighted by Crippen LogP contribution is 2.48. The molecule has 3 N–H and O–H groups in total. The van der Waals surface area contributed by atoms with Crippen molar-refractivity contribution in [1.82, 2.24) is 4.90 Å². The van der Waals surface area contributed by atoms with Crippen molar-refractivity contribution in [1.29, 1.82) is 0 Å². The number of fused-ring (bicyclic) bond motifs is 1. The Kier molecular flexibility index (Phi) is 4.81. The molecule has 2 aromatic rings. The van der Waals surface area contributed by atoms with E-state index >= 15 is 4.39 Å². The maximum Gasteiger partial charge on any atom is 0.237 e. The van der Waals surface area contributed by atoms with Crippen LogP contribution >= 0.6 is 11.6 Å². The molecule has 1 aliphatic carbocycles. The van der Waals surface area contributed by atoms with Crippen molar-refractivity contribution in [3.63, 3.8) is 0 Å². The number of aliphatic imine (C=N–C) groups is 1. The number of anilines is 1. The van der Waals surface area contributed by atoms with Crippen molar-refractivity contribution in [2.24, 2.45) is 16.1 Å². The van der Waals surface area contributed by atoms with E-state index in [0.29, 0.717) is 5.56 Å². The largest absolute Gasteiger partial charge is 0.378 e. The first-order chi connectivity index (χ1) is 14.0. The number of aryl methyl sites for hydroxylation is 1. The Morgan fingerprint density at radius 3 is 2.70 bits per heavy atom. The molecule has 1 unspecified atom stereocenters. The van der Waals surface area contributed by atoms with Crippen LogP contribution in [0, 0.1) is 11.2 Å². The second kappa shape index (κ2) is 6.98. The van der Waals surface area contributed by atoms with Crippen molar-refractivity contribution in [3.8, 4) is 0 Å². The summed E-state index contributed by atoms with van der Waals surface area (Å²) < 4.78 is 15.0. The van der Waals surface area contributed by atoms with E-state index in [1.807, 2.05) is 18.2 Å². The minimum Gasteiger partial charge on any atom is -0.378 e. The summed E-state index contributed by atoms with van der Waals surface area (Å²) in [4.78, 5) is 18.8. The topological polar surface area (TPSA) is 70.7 Å². The first kappa shape index (κ1) is 20.7. The number of nitrogens with zero attached hydrogens (tertiary/aromatic N) is 2. The molecule has 0 bridgehead atoms. The van der Waals surface area contributed by atoms with Crippen LogP contribution in [0.2, 0.25) is 5.02 Å². The number of hydrogen-bond acceptors (Lipinski definition) is 4. The van der Waals surface area contributed by atoms with Gasteiger partial charge in [-0.3, -0.25) is 9.69 Å². The molecule has 0 aromatic heterocycles. The van der Waals surface area contributed by atoms with E-state index in [1.54, 1.807) is 40.0 Å². The normalized spacial score (nSPS) is 25.1. The molecule has 158 valence electrons. The fourth-order valence-electron chi connectivity index (χ4n) is 4.50. The van der Waals surface area contributed by atoms with Gasteiger partial charge in [0.25, 0.3) is 0 Å². The molecule has 2 aromatic carbocycles. The average Bonchev–Trinajstić information content (AvgIpc) is 3.08. The predicted molar refractivity (Wildman–Crippen MR) is 118 cm³/mol. The smallest absolute Gasteiger partial charge is 0.237 e. The molecule has 1 heterocycles. The number of carbonyl (C=O) groups is 1. The van der Waals surface area contributed by atoms with Gasteiger partial charge in [-0.05, 0) is 75.1 Å². The van der Waals surface area contributed by atoms with Crippen LogP contribution in [0.4, 0.5) is 10.1 Å². The fourth-order valence-corrected chi connectivity index (χ4v) is 4.69. The molecule has 0 saturated heterocycles. The first-order valence-electron chi connectivity index (χ1n) is 10.0. The Balaban J connectivity index is 1.72. The summed E-state index contributed by atoms with van der Waals surface area (Å²) in [5.74, 6) is -0.526. The van der Waals surface area contributed by atoms with Crippen molar-refractivity contribution >= 4 is 29.2 Å². The number of guanidine groups is 1. The van der Waals surface area contributed by atoms with Crippen LogP contribution in [-0.4, -0.2) is 23.8 Å². The lowest BCUT2D eigenvalue weighted by Crippen LogP contribution is -2.58. The van der Waals surface area contributed by atoms with Gasteiger partial charge in [0.05, 0.1) is 11.5 Å². The van der Waals surface area contributed by atoms with Gasteiger partial charge in [-0.15, -0.1) is 0 Å². The molecule has 2 aliphatic rings. The molecule has 0 radical (unpaired) electrons. The number of nitrogens with two attached hydrogens (primary N) is 1. The Morgan fingerprint density at radius 1 is 1.23 bits per heavy atom. The van der Waals surface area contributed by atoms with Gasteiger partial charge < -0.3 is 11.1 Å². The molecule has 1 aliphatic heterocycles. The van der Waals surface area contributed by atoms with Crippen molar-refractivity contribution in [3.05, 3.63) is 63.9 Å². The summed E-state index contributed by atoms with van der Waals surface area (Å²) in [6.45, 7) is 5.32. The van der Waals surface area contributed by atoms with Crippen LogP contribution < -0.4 is 11.1 Å². The van der Waals surface area contributed by atoms with Gasteiger partial charge in [-0.25, -0.2) is 9.38 Å². The molecule has 7 heteroatoms. The van der Waals surface area contributed by atoms with E-state index in [9.17, 15) is 4.79 Å². The molecule has 30 heavy (non-hydrogen) atoms. The third-order valence-corrected chi connectivity index (χ3v) is 6.99. The van der Waals surface area contributed by atoms with Crippen LogP contribution in [0.3, 0.4) is 0 Å². The predicted octanol–water partition coefficient (Wildman–Crippen LogP) is 4.61. The molecule has 5 nitrogen and oxygen atoms in total. The zero-order valence-corrected chi connectivity index (χ0v) is 18.3. The lowest BCUT2D eigenvalue weighted by molar-refractivity contribution is -0.140. The van der Waals surface area contributed by atoms with E-state index in [1.165, 1.54) is 22.1 Å². The Bertz CT molecular complexity index is 1070.